The van der Waals surface area contributed by atoms with Crippen molar-refractivity contribution >= 4 is 34.6 Å². The maximum Gasteiger partial charge on any atom is 0.269 e. The van der Waals surface area contributed by atoms with Crippen LogP contribution in [0.5, 0.6) is 0 Å². The number of thioether (sulfide) groups is 1. The second kappa shape index (κ2) is 9.05. The van der Waals surface area contributed by atoms with Crippen LogP contribution in [0.3, 0.4) is 0 Å². The first-order valence-corrected chi connectivity index (χ1v) is 10.7. The van der Waals surface area contributed by atoms with E-state index in [-0.39, 0.29) is 18.4 Å². The van der Waals surface area contributed by atoms with Crippen molar-refractivity contribution in [3.8, 4) is 0 Å². The summed E-state index contributed by atoms with van der Waals surface area (Å²) in [5.41, 5.74) is 10.1. The first-order valence-electron chi connectivity index (χ1n) is 9.74. The molecule has 0 spiro atoms. The zero-order valence-electron chi connectivity index (χ0n) is 17.2. The van der Waals surface area contributed by atoms with Crippen molar-refractivity contribution in [2.45, 2.75) is 31.3 Å². The van der Waals surface area contributed by atoms with Gasteiger partial charge in [0.1, 0.15) is 6.54 Å². The van der Waals surface area contributed by atoms with Gasteiger partial charge in [-0.05, 0) is 49.7 Å². The minimum atomic E-state index is -0.377. The zero-order chi connectivity index (χ0) is 21.8. The van der Waals surface area contributed by atoms with Crippen LogP contribution in [0.4, 0.5) is 0 Å². The van der Waals surface area contributed by atoms with E-state index in [1.54, 1.807) is 28.6 Å². The summed E-state index contributed by atoms with van der Waals surface area (Å²) in [4.78, 5) is 32.2. The highest BCUT2D eigenvalue weighted by molar-refractivity contribution is 7.98. The Morgan fingerprint density at radius 1 is 1.06 bits per heavy atom. The molecule has 2 amide bonds. The van der Waals surface area contributed by atoms with Gasteiger partial charge < -0.3 is 4.98 Å². The predicted octanol–water partition coefficient (Wildman–Crippen LogP) is 3.13. The van der Waals surface area contributed by atoms with Gasteiger partial charge in [0.15, 0.2) is 5.16 Å². The summed E-state index contributed by atoms with van der Waals surface area (Å²) < 4.78 is 1.59. The number of aryl methyl sites for hydroxylation is 2. The lowest BCUT2D eigenvalue weighted by Gasteiger charge is -2.09. The SMILES string of the molecule is Cc1cc(C)n(CC(=O)NNC(=O)c2ccc(CSc3nc4ccccc4[nH]3)cc2)n1. The van der Waals surface area contributed by atoms with Crippen molar-refractivity contribution < 1.29 is 9.59 Å². The van der Waals surface area contributed by atoms with Crippen LogP contribution in [0.25, 0.3) is 11.0 Å². The molecule has 0 bridgehead atoms. The first-order chi connectivity index (χ1) is 15.0. The van der Waals surface area contributed by atoms with Gasteiger partial charge in [-0.2, -0.15) is 5.10 Å². The Bertz CT molecular complexity index is 1200. The molecule has 8 nitrogen and oxygen atoms in total. The third kappa shape index (κ3) is 5.13. The summed E-state index contributed by atoms with van der Waals surface area (Å²) in [6.07, 6.45) is 0. The summed E-state index contributed by atoms with van der Waals surface area (Å²) in [6.45, 7) is 3.78. The van der Waals surface area contributed by atoms with Crippen molar-refractivity contribution in [1.29, 1.82) is 0 Å². The Hall–Kier alpha value is -3.59. The molecular weight excluding hydrogens is 412 g/mol. The van der Waals surface area contributed by atoms with Gasteiger partial charge >= 0.3 is 0 Å². The summed E-state index contributed by atoms with van der Waals surface area (Å²) in [7, 11) is 0. The molecule has 4 rings (SSSR count). The summed E-state index contributed by atoms with van der Waals surface area (Å²) in [5, 5.41) is 5.09. The van der Waals surface area contributed by atoms with Crippen molar-refractivity contribution in [1.82, 2.24) is 30.6 Å². The molecule has 9 heteroatoms. The largest absolute Gasteiger partial charge is 0.333 e. The lowest BCUT2D eigenvalue weighted by molar-refractivity contribution is -0.122. The molecule has 31 heavy (non-hydrogen) atoms. The number of carbonyl (C=O) groups excluding carboxylic acids is 2. The molecule has 0 saturated carbocycles. The van der Waals surface area contributed by atoms with E-state index in [9.17, 15) is 9.59 Å². The van der Waals surface area contributed by atoms with E-state index in [0.29, 0.717) is 5.56 Å². The van der Waals surface area contributed by atoms with Gasteiger partial charge in [0, 0.05) is 17.0 Å². The highest BCUT2D eigenvalue weighted by Gasteiger charge is 2.10. The highest BCUT2D eigenvalue weighted by Crippen LogP contribution is 2.23. The number of fused-ring (bicyclic) bond motifs is 1. The quantitative estimate of drug-likeness (QED) is 0.319. The van der Waals surface area contributed by atoms with Crippen LogP contribution in [-0.4, -0.2) is 31.6 Å². The Morgan fingerprint density at radius 3 is 2.55 bits per heavy atom. The normalized spacial score (nSPS) is 10.9. The number of imidazole rings is 1. The van der Waals surface area contributed by atoms with Gasteiger partial charge in [0.05, 0.1) is 16.7 Å². The second-order valence-electron chi connectivity index (χ2n) is 7.13. The topological polar surface area (TPSA) is 105 Å². The molecule has 2 aromatic heterocycles. The Kier molecular flexibility index (Phi) is 6.03. The molecule has 0 aliphatic heterocycles. The number of H-pyrrole nitrogens is 1. The molecule has 0 atom stereocenters. The van der Waals surface area contributed by atoms with E-state index in [2.05, 4.69) is 25.9 Å². The number of benzene rings is 2. The van der Waals surface area contributed by atoms with Crippen LogP contribution >= 0.6 is 11.8 Å². The minimum absolute atomic E-state index is 0.0396. The fourth-order valence-corrected chi connectivity index (χ4v) is 3.95. The van der Waals surface area contributed by atoms with Gasteiger partial charge in [-0.25, -0.2) is 4.98 Å². The molecule has 0 radical (unpaired) electrons. The number of hydrogen-bond acceptors (Lipinski definition) is 5. The molecule has 0 fully saturated rings. The van der Waals surface area contributed by atoms with Crippen LogP contribution in [0.2, 0.25) is 0 Å². The number of carbonyl (C=O) groups is 2. The second-order valence-corrected chi connectivity index (χ2v) is 8.10. The van der Waals surface area contributed by atoms with E-state index in [4.69, 9.17) is 0 Å². The number of aromatic amines is 1. The molecule has 0 unspecified atom stereocenters. The van der Waals surface area contributed by atoms with Crippen molar-refractivity contribution in [3.63, 3.8) is 0 Å². The maximum absolute atomic E-state index is 12.3. The molecular formula is C22H22N6O2S. The van der Waals surface area contributed by atoms with Crippen LogP contribution in [0.1, 0.15) is 27.3 Å². The average molecular weight is 435 g/mol. The molecule has 4 aromatic rings. The van der Waals surface area contributed by atoms with E-state index in [1.807, 2.05) is 56.3 Å². The molecule has 0 aliphatic carbocycles. The Labute approximate surface area is 183 Å². The third-order valence-electron chi connectivity index (χ3n) is 4.67. The smallest absolute Gasteiger partial charge is 0.269 e. The number of hydrazine groups is 1. The molecule has 2 heterocycles. The minimum Gasteiger partial charge on any atom is -0.333 e. The number of nitrogens with zero attached hydrogens (tertiary/aromatic N) is 3. The summed E-state index contributed by atoms with van der Waals surface area (Å²) in [5.74, 6) is -0.00205. The van der Waals surface area contributed by atoms with Crippen molar-refractivity contribution in [2.75, 3.05) is 0 Å². The standard InChI is InChI=1S/C22H22N6O2S/c1-14-11-15(2)28(27-14)12-20(29)25-26-21(30)17-9-7-16(8-10-17)13-31-22-23-18-5-3-4-6-19(18)24-22/h3-11H,12-13H2,1-2H3,(H,23,24)(H,25,29)(H,26,30). The lowest BCUT2D eigenvalue weighted by Crippen LogP contribution is -2.43. The van der Waals surface area contributed by atoms with Gasteiger partial charge in [0.2, 0.25) is 0 Å². The van der Waals surface area contributed by atoms with E-state index in [0.717, 1.165) is 38.9 Å². The zero-order valence-corrected chi connectivity index (χ0v) is 18.0. The van der Waals surface area contributed by atoms with Gasteiger partial charge in [-0.1, -0.05) is 36.0 Å². The Morgan fingerprint density at radius 2 is 1.84 bits per heavy atom. The number of rotatable bonds is 6. The monoisotopic (exact) mass is 434 g/mol. The first kappa shape index (κ1) is 20.7. The summed E-state index contributed by atoms with van der Waals surface area (Å²) in [6, 6.07) is 17.0. The van der Waals surface area contributed by atoms with E-state index < -0.39 is 0 Å². The van der Waals surface area contributed by atoms with Crippen molar-refractivity contribution in [3.05, 3.63) is 77.1 Å². The number of para-hydroxylation sites is 2. The highest BCUT2D eigenvalue weighted by atomic mass is 32.2. The molecule has 3 N–H and O–H groups in total. The van der Waals surface area contributed by atoms with Gasteiger partial charge in [-0.3, -0.25) is 25.1 Å². The van der Waals surface area contributed by atoms with Gasteiger partial charge in [0.25, 0.3) is 11.8 Å². The van der Waals surface area contributed by atoms with Gasteiger partial charge in [-0.15, -0.1) is 0 Å². The van der Waals surface area contributed by atoms with E-state index >= 15 is 0 Å². The molecule has 0 saturated heterocycles. The molecule has 158 valence electrons. The van der Waals surface area contributed by atoms with Crippen molar-refractivity contribution in [2.24, 2.45) is 0 Å². The maximum atomic E-state index is 12.3. The number of hydrogen-bond donors (Lipinski definition) is 3. The van der Waals surface area contributed by atoms with E-state index in [1.165, 1.54) is 0 Å². The third-order valence-corrected chi connectivity index (χ3v) is 5.62. The molecule has 2 aromatic carbocycles. The van der Waals surface area contributed by atoms with Crippen LogP contribution in [-0.2, 0) is 17.1 Å². The fraction of sp³-hybridized carbons (Fsp3) is 0.182. The predicted molar refractivity (Wildman–Crippen MR) is 119 cm³/mol. The fourth-order valence-electron chi connectivity index (χ4n) is 3.11. The lowest BCUT2D eigenvalue weighted by atomic mass is 10.1. The van der Waals surface area contributed by atoms with Crippen LogP contribution in [0, 0.1) is 13.8 Å². The molecule has 0 aliphatic rings. The Balaban J connectivity index is 1.27. The summed E-state index contributed by atoms with van der Waals surface area (Å²) >= 11 is 1.60. The number of amides is 2. The van der Waals surface area contributed by atoms with Crippen LogP contribution in [0.15, 0.2) is 59.8 Å². The average Bonchev–Trinajstić information content (AvgIpc) is 3.32. The van der Waals surface area contributed by atoms with Crippen LogP contribution < -0.4 is 10.9 Å². The number of aromatic nitrogens is 4. The number of nitrogens with one attached hydrogen (secondary N) is 3.